The van der Waals surface area contributed by atoms with Crippen molar-refractivity contribution in [3.8, 4) is 0 Å². The molecule has 0 spiro atoms. The van der Waals surface area contributed by atoms with Gasteiger partial charge >= 0.3 is 0 Å². The predicted molar refractivity (Wildman–Crippen MR) is 69.5 cm³/mol. The van der Waals surface area contributed by atoms with Crippen LogP contribution in [0.5, 0.6) is 0 Å². The zero-order chi connectivity index (χ0) is 13.7. The summed E-state index contributed by atoms with van der Waals surface area (Å²) in [4.78, 5) is 0. The summed E-state index contributed by atoms with van der Waals surface area (Å²) in [6, 6.07) is 11.9. The number of aliphatic hydroxyl groups is 1. The van der Waals surface area contributed by atoms with E-state index in [4.69, 9.17) is 0 Å². The highest BCUT2D eigenvalue weighted by Gasteiger charge is 2.06. The van der Waals surface area contributed by atoms with Crippen LogP contribution in [0.3, 0.4) is 0 Å². The molecule has 2 aromatic rings. The number of benzene rings is 2. The Balaban J connectivity index is 1.82. The van der Waals surface area contributed by atoms with Crippen molar-refractivity contribution in [2.24, 2.45) is 0 Å². The van der Waals surface area contributed by atoms with Crippen molar-refractivity contribution >= 4 is 0 Å². The van der Waals surface area contributed by atoms with Gasteiger partial charge in [0.05, 0.1) is 6.10 Å². The summed E-state index contributed by atoms with van der Waals surface area (Å²) >= 11 is 0. The molecule has 100 valence electrons. The van der Waals surface area contributed by atoms with Crippen LogP contribution in [0.15, 0.2) is 48.5 Å². The van der Waals surface area contributed by atoms with Crippen molar-refractivity contribution in [3.05, 3.63) is 71.3 Å². The zero-order valence-electron chi connectivity index (χ0n) is 10.3. The Labute approximate surface area is 110 Å². The summed E-state index contributed by atoms with van der Waals surface area (Å²) in [5.74, 6) is -0.592. The number of halogens is 2. The molecular weight excluding hydrogens is 248 g/mol. The maximum absolute atomic E-state index is 12.7. The van der Waals surface area contributed by atoms with Gasteiger partial charge < -0.3 is 10.4 Å². The standard InChI is InChI=1S/C15H15F2NO/c16-13-5-1-11(2-6-13)9-18-10-15(19)12-3-7-14(17)8-4-12/h1-8,15,18-19H,9-10H2/t15-/m0/s1. The average molecular weight is 263 g/mol. The number of rotatable bonds is 5. The maximum atomic E-state index is 12.7. The minimum absolute atomic E-state index is 0.268. The van der Waals surface area contributed by atoms with E-state index in [0.717, 1.165) is 5.56 Å². The molecule has 0 unspecified atom stereocenters. The molecule has 0 fully saturated rings. The fourth-order valence-corrected chi connectivity index (χ4v) is 1.76. The minimum atomic E-state index is -0.693. The summed E-state index contributed by atoms with van der Waals surface area (Å²) in [5.41, 5.74) is 1.60. The fraction of sp³-hybridized carbons (Fsp3) is 0.200. The van der Waals surface area contributed by atoms with Crippen LogP contribution >= 0.6 is 0 Å². The first-order chi connectivity index (χ1) is 9.15. The highest BCUT2D eigenvalue weighted by molar-refractivity contribution is 5.19. The van der Waals surface area contributed by atoms with Gasteiger partial charge in [-0.05, 0) is 35.4 Å². The van der Waals surface area contributed by atoms with E-state index in [9.17, 15) is 13.9 Å². The van der Waals surface area contributed by atoms with Crippen LogP contribution < -0.4 is 5.32 Å². The molecule has 0 bridgehead atoms. The Morgan fingerprint density at radius 1 is 0.895 bits per heavy atom. The molecule has 1 atom stereocenters. The monoisotopic (exact) mass is 263 g/mol. The van der Waals surface area contributed by atoms with E-state index in [2.05, 4.69) is 5.32 Å². The van der Waals surface area contributed by atoms with Crippen LogP contribution in [0.4, 0.5) is 8.78 Å². The van der Waals surface area contributed by atoms with Gasteiger partial charge in [-0.2, -0.15) is 0 Å². The highest BCUT2D eigenvalue weighted by atomic mass is 19.1. The van der Waals surface area contributed by atoms with Gasteiger partial charge in [0.2, 0.25) is 0 Å². The highest BCUT2D eigenvalue weighted by Crippen LogP contribution is 2.12. The van der Waals surface area contributed by atoms with Gasteiger partial charge in [-0.3, -0.25) is 0 Å². The van der Waals surface area contributed by atoms with Gasteiger partial charge in [-0.1, -0.05) is 24.3 Å². The molecule has 0 radical (unpaired) electrons. The second-order valence-corrected chi connectivity index (χ2v) is 4.32. The van der Waals surface area contributed by atoms with E-state index in [1.54, 1.807) is 24.3 Å². The van der Waals surface area contributed by atoms with Gasteiger partial charge in [0.25, 0.3) is 0 Å². The SMILES string of the molecule is O[C@@H](CNCc1ccc(F)cc1)c1ccc(F)cc1. The van der Waals surface area contributed by atoms with E-state index < -0.39 is 6.10 Å². The Bertz CT molecular complexity index is 511. The van der Waals surface area contributed by atoms with E-state index >= 15 is 0 Å². The fourth-order valence-electron chi connectivity index (χ4n) is 1.76. The molecule has 2 N–H and O–H groups in total. The van der Waals surface area contributed by atoms with E-state index in [-0.39, 0.29) is 11.6 Å². The Kier molecular flexibility index (Phi) is 4.60. The Morgan fingerprint density at radius 2 is 1.42 bits per heavy atom. The molecule has 0 saturated heterocycles. The van der Waals surface area contributed by atoms with E-state index in [1.165, 1.54) is 24.3 Å². The molecule has 0 heterocycles. The van der Waals surface area contributed by atoms with Gasteiger partial charge in [0.1, 0.15) is 11.6 Å². The van der Waals surface area contributed by atoms with Crippen LogP contribution in [0.25, 0.3) is 0 Å². The third-order valence-electron chi connectivity index (χ3n) is 2.83. The molecule has 19 heavy (non-hydrogen) atoms. The lowest BCUT2D eigenvalue weighted by Crippen LogP contribution is -2.21. The van der Waals surface area contributed by atoms with Crippen LogP contribution in [0.1, 0.15) is 17.2 Å². The molecular formula is C15H15F2NO. The van der Waals surface area contributed by atoms with Gasteiger partial charge in [-0.15, -0.1) is 0 Å². The predicted octanol–water partition coefficient (Wildman–Crippen LogP) is 2.79. The lowest BCUT2D eigenvalue weighted by atomic mass is 10.1. The average Bonchev–Trinajstić information content (AvgIpc) is 2.41. The number of hydrogen-bond acceptors (Lipinski definition) is 2. The van der Waals surface area contributed by atoms with Gasteiger partial charge in [0.15, 0.2) is 0 Å². The van der Waals surface area contributed by atoms with Gasteiger partial charge in [0, 0.05) is 13.1 Å². The molecule has 2 nitrogen and oxygen atoms in total. The number of hydrogen-bond donors (Lipinski definition) is 2. The molecule has 0 saturated carbocycles. The summed E-state index contributed by atoms with van der Waals surface area (Å²) in [5, 5.41) is 13.0. The second kappa shape index (κ2) is 6.41. The van der Waals surface area contributed by atoms with E-state index in [0.29, 0.717) is 18.7 Å². The summed E-state index contributed by atoms with van der Waals surface area (Å²) < 4.78 is 25.4. The van der Waals surface area contributed by atoms with Crippen molar-refractivity contribution in [3.63, 3.8) is 0 Å². The van der Waals surface area contributed by atoms with Crippen molar-refractivity contribution in [1.82, 2.24) is 5.32 Å². The maximum Gasteiger partial charge on any atom is 0.123 e. The third-order valence-corrected chi connectivity index (χ3v) is 2.83. The number of aliphatic hydroxyl groups excluding tert-OH is 1. The number of nitrogens with one attached hydrogen (secondary N) is 1. The van der Waals surface area contributed by atoms with Crippen molar-refractivity contribution < 1.29 is 13.9 Å². The van der Waals surface area contributed by atoms with Gasteiger partial charge in [-0.25, -0.2) is 8.78 Å². The summed E-state index contributed by atoms with van der Waals surface area (Å²) in [7, 11) is 0. The molecule has 2 rings (SSSR count). The van der Waals surface area contributed by atoms with Crippen molar-refractivity contribution in [2.45, 2.75) is 12.6 Å². The normalized spacial score (nSPS) is 12.4. The van der Waals surface area contributed by atoms with Crippen molar-refractivity contribution in [1.29, 1.82) is 0 Å². The quantitative estimate of drug-likeness (QED) is 0.869. The van der Waals surface area contributed by atoms with Crippen LogP contribution in [0, 0.1) is 11.6 Å². The second-order valence-electron chi connectivity index (χ2n) is 4.32. The smallest absolute Gasteiger partial charge is 0.123 e. The zero-order valence-corrected chi connectivity index (χ0v) is 10.3. The summed E-state index contributed by atoms with van der Waals surface area (Å²) in [6.45, 7) is 0.890. The largest absolute Gasteiger partial charge is 0.387 e. The molecule has 0 aliphatic heterocycles. The molecule has 2 aromatic carbocycles. The van der Waals surface area contributed by atoms with Crippen LogP contribution in [-0.4, -0.2) is 11.7 Å². The third kappa shape index (κ3) is 4.12. The molecule has 0 amide bonds. The lowest BCUT2D eigenvalue weighted by molar-refractivity contribution is 0.174. The Morgan fingerprint density at radius 3 is 2.00 bits per heavy atom. The van der Waals surface area contributed by atoms with Crippen LogP contribution in [0.2, 0.25) is 0 Å². The first-order valence-corrected chi connectivity index (χ1v) is 6.04. The summed E-state index contributed by atoms with van der Waals surface area (Å²) in [6.07, 6.45) is -0.693. The topological polar surface area (TPSA) is 32.3 Å². The first kappa shape index (κ1) is 13.6. The minimum Gasteiger partial charge on any atom is -0.387 e. The lowest BCUT2D eigenvalue weighted by Gasteiger charge is -2.12. The Hall–Kier alpha value is -1.78. The molecule has 0 aromatic heterocycles. The van der Waals surface area contributed by atoms with E-state index in [1.807, 2.05) is 0 Å². The van der Waals surface area contributed by atoms with Crippen molar-refractivity contribution in [2.75, 3.05) is 6.54 Å². The van der Waals surface area contributed by atoms with Crippen LogP contribution in [-0.2, 0) is 6.54 Å². The molecule has 0 aliphatic carbocycles. The molecule has 0 aliphatic rings. The first-order valence-electron chi connectivity index (χ1n) is 6.04. The molecule has 4 heteroatoms.